The van der Waals surface area contributed by atoms with Gasteiger partial charge in [0.2, 0.25) is 0 Å². The highest BCUT2D eigenvalue weighted by molar-refractivity contribution is 7.93. The number of rotatable bonds is 3. The molecule has 0 saturated heterocycles. The van der Waals surface area contributed by atoms with Crippen molar-refractivity contribution in [3.8, 4) is 0 Å². The van der Waals surface area contributed by atoms with Crippen LogP contribution in [0.5, 0.6) is 0 Å². The molecule has 110 valence electrons. The van der Waals surface area contributed by atoms with Crippen molar-refractivity contribution in [1.29, 1.82) is 0 Å². The van der Waals surface area contributed by atoms with E-state index in [-0.39, 0.29) is 4.90 Å². The Morgan fingerprint density at radius 2 is 2.10 bits per heavy atom. The van der Waals surface area contributed by atoms with E-state index in [1.807, 2.05) is 0 Å². The van der Waals surface area contributed by atoms with Crippen LogP contribution in [0.3, 0.4) is 0 Å². The number of nitrogen functional groups attached to an aromatic ring is 1. The number of benzene rings is 1. The van der Waals surface area contributed by atoms with Crippen LogP contribution in [0.15, 0.2) is 35.4 Å². The Bertz CT molecular complexity index is 923. The van der Waals surface area contributed by atoms with Crippen LogP contribution in [-0.4, -0.2) is 23.2 Å². The third-order valence-electron chi connectivity index (χ3n) is 3.20. The van der Waals surface area contributed by atoms with E-state index in [0.29, 0.717) is 22.4 Å². The van der Waals surface area contributed by atoms with Crippen LogP contribution in [0.25, 0.3) is 10.9 Å². The van der Waals surface area contributed by atoms with Crippen LogP contribution in [0.4, 0.5) is 11.5 Å². The van der Waals surface area contributed by atoms with E-state index >= 15 is 0 Å². The number of nitrogens with one attached hydrogen (secondary N) is 2. The molecule has 0 spiro atoms. The van der Waals surface area contributed by atoms with Gasteiger partial charge in [0, 0.05) is 35.9 Å². The Labute approximate surface area is 121 Å². The molecule has 1 aromatic carbocycles. The number of sulfonamides is 1. The first-order chi connectivity index (χ1) is 9.87. The number of anilines is 2. The molecule has 0 aliphatic carbocycles. The summed E-state index contributed by atoms with van der Waals surface area (Å²) >= 11 is 0. The summed E-state index contributed by atoms with van der Waals surface area (Å²) in [4.78, 5) is 3.10. The zero-order valence-electron chi connectivity index (χ0n) is 11.6. The van der Waals surface area contributed by atoms with Crippen LogP contribution >= 0.6 is 0 Å². The summed E-state index contributed by atoms with van der Waals surface area (Å²) < 4.78 is 29.1. The minimum atomic E-state index is -3.70. The Kier molecular flexibility index (Phi) is 2.91. The first-order valence-electron chi connectivity index (χ1n) is 6.27. The molecule has 0 aliphatic heterocycles. The monoisotopic (exact) mass is 305 g/mol. The molecule has 0 radical (unpaired) electrons. The quantitative estimate of drug-likeness (QED) is 0.639. The molecule has 21 heavy (non-hydrogen) atoms. The number of aromatic amines is 1. The highest BCUT2D eigenvalue weighted by Crippen LogP contribution is 2.26. The lowest BCUT2D eigenvalue weighted by atomic mass is 10.2. The van der Waals surface area contributed by atoms with E-state index in [9.17, 15) is 8.42 Å². The smallest absolute Gasteiger partial charge is 0.265 e. The Morgan fingerprint density at radius 3 is 2.76 bits per heavy atom. The van der Waals surface area contributed by atoms with Crippen LogP contribution < -0.4 is 10.5 Å². The maximum absolute atomic E-state index is 12.5. The molecular weight excluding hydrogens is 290 g/mol. The second kappa shape index (κ2) is 4.52. The van der Waals surface area contributed by atoms with Crippen molar-refractivity contribution in [2.24, 2.45) is 7.05 Å². The molecule has 0 amide bonds. The number of hydrogen-bond donors (Lipinski definition) is 3. The van der Waals surface area contributed by atoms with Crippen molar-refractivity contribution in [1.82, 2.24) is 14.8 Å². The maximum atomic E-state index is 12.5. The van der Waals surface area contributed by atoms with Crippen molar-refractivity contribution in [3.63, 3.8) is 0 Å². The lowest BCUT2D eigenvalue weighted by Crippen LogP contribution is -2.15. The summed E-state index contributed by atoms with van der Waals surface area (Å²) in [6.45, 7) is 1.80. The van der Waals surface area contributed by atoms with Crippen LogP contribution in [0.2, 0.25) is 0 Å². The second-order valence-corrected chi connectivity index (χ2v) is 6.51. The number of nitrogens with zero attached hydrogens (tertiary/aromatic N) is 2. The number of aromatic nitrogens is 3. The number of aryl methyl sites for hydroxylation is 2. The third-order valence-corrected chi connectivity index (χ3v) is 4.59. The van der Waals surface area contributed by atoms with Crippen molar-refractivity contribution < 1.29 is 8.42 Å². The van der Waals surface area contributed by atoms with Gasteiger partial charge in [-0.3, -0.25) is 9.40 Å². The highest BCUT2D eigenvalue weighted by atomic mass is 32.2. The van der Waals surface area contributed by atoms with Crippen molar-refractivity contribution in [2.45, 2.75) is 11.8 Å². The summed E-state index contributed by atoms with van der Waals surface area (Å²) in [6, 6.07) is 6.72. The predicted molar refractivity (Wildman–Crippen MR) is 81.5 cm³/mol. The number of H-pyrrole nitrogens is 1. The lowest BCUT2D eigenvalue weighted by Gasteiger charge is -2.07. The van der Waals surface area contributed by atoms with Crippen molar-refractivity contribution in [2.75, 3.05) is 10.5 Å². The molecule has 2 aromatic heterocycles. The van der Waals surface area contributed by atoms with Gasteiger partial charge in [-0.1, -0.05) is 0 Å². The first-order valence-corrected chi connectivity index (χ1v) is 7.75. The van der Waals surface area contributed by atoms with E-state index in [1.165, 1.54) is 10.9 Å². The molecule has 0 aliphatic rings. The van der Waals surface area contributed by atoms with Gasteiger partial charge in [-0.25, -0.2) is 8.42 Å². The van der Waals surface area contributed by atoms with Gasteiger partial charge in [-0.05, 0) is 25.1 Å². The number of nitrogens with two attached hydrogens (primary N) is 1. The molecule has 4 N–H and O–H groups in total. The fraction of sp³-hybridized carbons (Fsp3) is 0.154. The molecule has 3 rings (SSSR count). The van der Waals surface area contributed by atoms with Gasteiger partial charge in [-0.2, -0.15) is 5.10 Å². The topological polar surface area (TPSA) is 106 Å². The first kappa shape index (κ1) is 13.5. The maximum Gasteiger partial charge on any atom is 0.265 e. The Balaban J connectivity index is 2.06. The second-order valence-electron chi connectivity index (χ2n) is 4.86. The fourth-order valence-corrected chi connectivity index (χ4v) is 3.50. The number of hydrogen-bond acceptors (Lipinski definition) is 4. The van der Waals surface area contributed by atoms with Gasteiger partial charge in [0.15, 0.2) is 0 Å². The number of fused-ring (bicyclic) bond motifs is 1. The molecule has 0 atom stereocenters. The highest BCUT2D eigenvalue weighted by Gasteiger charge is 2.20. The summed E-state index contributed by atoms with van der Waals surface area (Å²) in [5.74, 6) is 0.414. The Hall–Kier alpha value is -2.48. The van der Waals surface area contributed by atoms with Crippen molar-refractivity contribution >= 4 is 32.4 Å². The molecular formula is C13H15N5O2S. The van der Waals surface area contributed by atoms with E-state index in [0.717, 1.165) is 5.69 Å². The summed E-state index contributed by atoms with van der Waals surface area (Å²) in [5.41, 5.74) is 7.68. The minimum Gasteiger partial charge on any atom is -0.399 e. The lowest BCUT2D eigenvalue weighted by molar-refractivity contribution is 0.601. The molecule has 8 heteroatoms. The molecule has 3 aromatic rings. The third kappa shape index (κ3) is 2.33. The molecule has 2 heterocycles. The SMILES string of the molecule is Cc1cc(NS(=O)(=O)c2c[nH]c3cc(N)ccc23)n(C)n1. The van der Waals surface area contributed by atoms with E-state index < -0.39 is 10.0 Å². The zero-order valence-corrected chi connectivity index (χ0v) is 12.4. The standard InChI is InChI=1S/C13H15N5O2S/c1-8-5-13(18(2)16-8)17-21(19,20)12-7-15-11-6-9(14)3-4-10(11)12/h3-7,15,17H,14H2,1-2H3. The van der Waals surface area contributed by atoms with Crippen LogP contribution in [-0.2, 0) is 17.1 Å². The molecule has 0 fully saturated rings. The average Bonchev–Trinajstić information content (AvgIpc) is 2.92. The average molecular weight is 305 g/mol. The van der Waals surface area contributed by atoms with Gasteiger partial charge in [0.1, 0.15) is 10.7 Å². The van der Waals surface area contributed by atoms with Gasteiger partial charge < -0.3 is 10.7 Å². The normalized spacial score (nSPS) is 11.9. The molecule has 7 nitrogen and oxygen atoms in total. The summed E-state index contributed by atoms with van der Waals surface area (Å²) in [7, 11) is -2.02. The van der Waals surface area contributed by atoms with E-state index in [1.54, 1.807) is 38.2 Å². The van der Waals surface area contributed by atoms with E-state index in [2.05, 4.69) is 14.8 Å². The largest absolute Gasteiger partial charge is 0.399 e. The molecule has 0 saturated carbocycles. The van der Waals surface area contributed by atoms with Gasteiger partial charge >= 0.3 is 0 Å². The van der Waals surface area contributed by atoms with Crippen LogP contribution in [0, 0.1) is 6.92 Å². The van der Waals surface area contributed by atoms with Crippen LogP contribution in [0.1, 0.15) is 5.69 Å². The van der Waals surface area contributed by atoms with Gasteiger partial charge in [-0.15, -0.1) is 0 Å². The van der Waals surface area contributed by atoms with E-state index in [4.69, 9.17) is 5.73 Å². The van der Waals surface area contributed by atoms with Gasteiger partial charge in [0.05, 0.1) is 5.69 Å². The molecule has 0 unspecified atom stereocenters. The Morgan fingerprint density at radius 1 is 1.33 bits per heavy atom. The fourth-order valence-electron chi connectivity index (χ4n) is 2.24. The zero-order chi connectivity index (χ0) is 15.2. The summed E-state index contributed by atoms with van der Waals surface area (Å²) in [6.07, 6.45) is 1.45. The summed E-state index contributed by atoms with van der Waals surface area (Å²) in [5, 5.41) is 4.71. The van der Waals surface area contributed by atoms with Crippen molar-refractivity contribution in [3.05, 3.63) is 36.2 Å². The molecule has 0 bridgehead atoms. The minimum absolute atomic E-state index is 0.177. The predicted octanol–water partition coefficient (Wildman–Crippen LogP) is 1.59. The van der Waals surface area contributed by atoms with Gasteiger partial charge in [0.25, 0.3) is 10.0 Å².